The van der Waals surface area contributed by atoms with Crippen molar-refractivity contribution in [1.82, 2.24) is 9.97 Å². The van der Waals surface area contributed by atoms with Crippen LogP contribution in [0.4, 0.5) is 5.69 Å². The first-order valence-electron chi connectivity index (χ1n) is 9.80. The number of nitrogens with one attached hydrogen (secondary N) is 2. The zero-order chi connectivity index (χ0) is 22.2. The van der Waals surface area contributed by atoms with Crippen molar-refractivity contribution in [2.24, 2.45) is 0 Å². The molecule has 0 spiro atoms. The summed E-state index contributed by atoms with van der Waals surface area (Å²) in [7, 11) is 0. The molecule has 3 rings (SSSR count). The quantitative estimate of drug-likeness (QED) is 0.316. The second-order valence-electron chi connectivity index (χ2n) is 6.73. The topological polar surface area (TPSA) is 101 Å². The third-order valence-corrected chi connectivity index (χ3v) is 5.38. The van der Waals surface area contributed by atoms with E-state index in [1.54, 1.807) is 38.1 Å². The third kappa shape index (κ3) is 6.29. The minimum atomic E-state index is -0.418. The van der Waals surface area contributed by atoms with Gasteiger partial charge in [0.15, 0.2) is 5.16 Å². The minimum Gasteiger partial charge on any atom is -0.462 e. The monoisotopic (exact) mass is 437 g/mol. The fourth-order valence-corrected chi connectivity index (χ4v) is 3.72. The number of hydrogen-bond donors (Lipinski definition) is 2. The Bertz CT molecular complexity index is 1110. The Labute approximate surface area is 184 Å². The second kappa shape index (κ2) is 10.6. The molecule has 0 bridgehead atoms. The Morgan fingerprint density at radius 2 is 1.81 bits per heavy atom. The molecule has 2 N–H and O–H groups in total. The van der Waals surface area contributed by atoms with Crippen molar-refractivity contribution >= 4 is 29.3 Å². The van der Waals surface area contributed by atoms with Gasteiger partial charge in [-0.15, -0.1) is 0 Å². The fraction of sp³-hybridized carbons (Fsp3) is 0.217. The van der Waals surface area contributed by atoms with Crippen LogP contribution in [0.5, 0.6) is 0 Å². The number of thioether (sulfide) groups is 1. The molecule has 160 valence electrons. The van der Waals surface area contributed by atoms with E-state index in [2.05, 4.69) is 15.3 Å². The van der Waals surface area contributed by atoms with Crippen LogP contribution in [0.2, 0.25) is 0 Å². The van der Waals surface area contributed by atoms with Crippen molar-refractivity contribution < 1.29 is 14.3 Å². The summed E-state index contributed by atoms with van der Waals surface area (Å²) in [4.78, 5) is 43.8. The predicted molar refractivity (Wildman–Crippen MR) is 120 cm³/mol. The van der Waals surface area contributed by atoms with Crippen molar-refractivity contribution in [1.29, 1.82) is 0 Å². The van der Waals surface area contributed by atoms with Gasteiger partial charge >= 0.3 is 5.97 Å². The molecule has 0 aliphatic carbocycles. The van der Waals surface area contributed by atoms with Crippen LogP contribution < -0.4 is 10.9 Å². The van der Waals surface area contributed by atoms with Crippen LogP contribution in [-0.4, -0.2) is 28.5 Å². The van der Waals surface area contributed by atoms with Gasteiger partial charge in [-0.1, -0.05) is 42.1 Å². The summed E-state index contributed by atoms with van der Waals surface area (Å²) in [5, 5.41) is 3.25. The number of ether oxygens (including phenoxy) is 1. The molecule has 2 aromatic carbocycles. The number of H-pyrrole nitrogens is 1. The lowest BCUT2D eigenvalue weighted by Crippen LogP contribution is -2.23. The Morgan fingerprint density at radius 3 is 2.45 bits per heavy atom. The minimum absolute atomic E-state index is 0.0998. The number of esters is 1. The molecule has 8 heteroatoms. The molecule has 3 aromatic rings. The summed E-state index contributed by atoms with van der Waals surface area (Å²) in [5.74, 6) is -0.0759. The number of carbonyl (C=O) groups is 2. The summed E-state index contributed by atoms with van der Waals surface area (Å²) < 4.78 is 4.93. The summed E-state index contributed by atoms with van der Waals surface area (Å²) in [6.07, 6.45) is -0.0998. The average Bonchev–Trinajstić information content (AvgIpc) is 2.76. The molecule has 0 aliphatic heterocycles. The number of rotatable bonds is 8. The van der Waals surface area contributed by atoms with E-state index in [-0.39, 0.29) is 17.9 Å². The number of benzene rings is 2. The van der Waals surface area contributed by atoms with Crippen LogP contribution in [0.3, 0.4) is 0 Å². The van der Waals surface area contributed by atoms with Gasteiger partial charge in [0, 0.05) is 22.7 Å². The second-order valence-corrected chi connectivity index (χ2v) is 7.70. The lowest BCUT2D eigenvalue weighted by molar-refractivity contribution is -0.115. The number of hydrogen-bond acceptors (Lipinski definition) is 6. The zero-order valence-electron chi connectivity index (χ0n) is 17.3. The Morgan fingerprint density at radius 1 is 1.10 bits per heavy atom. The molecule has 0 fully saturated rings. The highest BCUT2D eigenvalue weighted by atomic mass is 32.2. The smallest absolute Gasteiger partial charge is 0.338 e. The molecule has 0 atom stereocenters. The van der Waals surface area contributed by atoms with Gasteiger partial charge in [0.25, 0.3) is 5.56 Å². The highest BCUT2D eigenvalue weighted by Gasteiger charge is 2.14. The van der Waals surface area contributed by atoms with E-state index in [4.69, 9.17) is 4.74 Å². The van der Waals surface area contributed by atoms with Crippen molar-refractivity contribution in [3.8, 4) is 0 Å². The molecular formula is C23H23N3O4S. The van der Waals surface area contributed by atoms with Crippen molar-refractivity contribution in [2.75, 3.05) is 11.9 Å². The first-order chi connectivity index (χ1) is 15.0. The van der Waals surface area contributed by atoms with E-state index in [0.29, 0.717) is 40.0 Å². The highest BCUT2D eigenvalue weighted by molar-refractivity contribution is 7.98. The summed E-state index contributed by atoms with van der Waals surface area (Å²) in [6.45, 7) is 3.75. The molecule has 31 heavy (non-hydrogen) atoms. The first kappa shape index (κ1) is 22.3. The van der Waals surface area contributed by atoms with Crippen LogP contribution >= 0.6 is 11.8 Å². The maximum Gasteiger partial charge on any atom is 0.338 e. The summed E-state index contributed by atoms with van der Waals surface area (Å²) in [5.41, 5.74) is 2.58. The van der Waals surface area contributed by atoms with Gasteiger partial charge in [0.1, 0.15) is 0 Å². The maximum atomic E-state index is 12.5. The first-order valence-corrected chi connectivity index (χ1v) is 10.8. The average molecular weight is 438 g/mol. The zero-order valence-corrected chi connectivity index (χ0v) is 18.1. The molecule has 0 saturated carbocycles. The maximum absolute atomic E-state index is 12.5. The number of aromatic nitrogens is 2. The van der Waals surface area contributed by atoms with Gasteiger partial charge in [-0.25, -0.2) is 9.78 Å². The molecule has 1 aromatic heterocycles. The largest absolute Gasteiger partial charge is 0.462 e. The highest BCUT2D eigenvalue weighted by Crippen LogP contribution is 2.19. The standard InChI is InChI=1S/C23H23N3O4S/c1-3-30-22(29)17-9-11-18(12-10-17)25-20(27)13-19-15(2)24-23(26-21(19)28)31-14-16-7-5-4-6-8-16/h4-12H,3,13-14H2,1-2H3,(H,25,27)(H,24,26,28). The Balaban J connectivity index is 1.62. The molecule has 0 saturated heterocycles. The van der Waals surface area contributed by atoms with Gasteiger partial charge in [-0.05, 0) is 43.7 Å². The van der Waals surface area contributed by atoms with Crippen LogP contribution in [0, 0.1) is 6.92 Å². The molecule has 7 nitrogen and oxygen atoms in total. The Kier molecular flexibility index (Phi) is 7.61. The fourth-order valence-electron chi connectivity index (χ4n) is 2.86. The molecule has 0 aliphatic rings. The van der Waals surface area contributed by atoms with E-state index in [0.717, 1.165) is 5.56 Å². The van der Waals surface area contributed by atoms with Gasteiger partial charge in [-0.2, -0.15) is 0 Å². The molecule has 0 radical (unpaired) electrons. The van der Waals surface area contributed by atoms with E-state index in [1.165, 1.54) is 11.8 Å². The predicted octanol–water partition coefficient (Wildman–Crippen LogP) is 3.73. The number of amides is 1. The molecule has 0 unspecified atom stereocenters. The Hall–Kier alpha value is -3.39. The number of aromatic amines is 1. The number of nitrogens with zero attached hydrogens (tertiary/aromatic N) is 1. The number of aryl methyl sites for hydroxylation is 1. The van der Waals surface area contributed by atoms with Crippen molar-refractivity contribution in [3.63, 3.8) is 0 Å². The van der Waals surface area contributed by atoms with Crippen LogP contribution in [0.1, 0.15) is 34.1 Å². The van der Waals surface area contributed by atoms with Gasteiger partial charge < -0.3 is 15.0 Å². The SMILES string of the molecule is CCOC(=O)c1ccc(NC(=O)Cc2c(C)nc(SCc3ccccc3)[nH]c2=O)cc1. The van der Waals surface area contributed by atoms with E-state index < -0.39 is 5.97 Å². The lowest BCUT2D eigenvalue weighted by Gasteiger charge is -2.09. The van der Waals surface area contributed by atoms with Gasteiger partial charge in [0.05, 0.1) is 18.6 Å². The van der Waals surface area contributed by atoms with E-state index >= 15 is 0 Å². The van der Waals surface area contributed by atoms with Gasteiger partial charge in [0.2, 0.25) is 5.91 Å². The third-order valence-electron chi connectivity index (χ3n) is 4.44. The molecular weight excluding hydrogens is 414 g/mol. The number of anilines is 1. The number of carbonyl (C=O) groups excluding carboxylic acids is 2. The lowest BCUT2D eigenvalue weighted by atomic mass is 10.1. The van der Waals surface area contributed by atoms with E-state index in [9.17, 15) is 14.4 Å². The molecule has 1 heterocycles. The normalized spacial score (nSPS) is 10.5. The summed E-state index contributed by atoms with van der Waals surface area (Å²) >= 11 is 1.43. The van der Waals surface area contributed by atoms with E-state index in [1.807, 2.05) is 30.3 Å². The van der Waals surface area contributed by atoms with Crippen molar-refractivity contribution in [3.05, 3.63) is 87.3 Å². The van der Waals surface area contributed by atoms with Gasteiger partial charge in [-0.3, -0.25) is 9.59 Å². The van der Waals surface area contributed by atoms with Crippen molar-refractivity contribution in [2.45, 2.75) is 31.2 Å². The summed E-state index contributed by atoms with van der Waals surface area (Å²) in [6, 6.07) is 16.3. The molecule has 1 amide bonds. The van der Waals surface area contributed by atoms with Crippen LogP contribution in [0.25, 0.3) is 0 Å². The van der Waals surface area contributed by atoms with Crippen LogP contribution in [0.15, 0.2) is 64.5 Å². The van der Waals surface area contributed by atoms with Crippen LogP contribution in [-0.2, 0) is 21.7 Å².